The van der Waals surface area contributed by atoms with Gasteiger partial charge in [-0.3, -0.25) is 0 Å². The summed E-state index contributed by atoms with van der Waals surface area (Å²) in [7, 11) is 0. The minimum Gasteiger partial charge on any atom is -0.368 e. The van der Waals surface area contributed by atoms with E-state index in [1.807, 2.05) is 0 Å². The Morgan fingerprint density at radius 3 is 3.07 bits per heavy atom. The number of nitrogens with zero attached hydrogens (tertiary/aromatic N) is 1. The summed E-state index contributed by atoms with van der Waals surface area (Å²) in [6.45, 7) is 3.53. The highest BCUT2D eigenvalue weighted by Crippen LogP contribution is 2.34. The predicted octanol–water partition coefficient (Wildman–Crippen LogP) is 1.94. The van der Waals surface area contributed by atoms with E-state index in [0.717, 1.165) is 18.5 Å². The molecule has 1 aromatic heterocycles. The minimum atomic E-state index is 0.753. The lowest BCUT2D eigenvalue weighted by Gasteiger charge is -2.34. The van der Waals surface area contributed by atoms with E-state index in [2.05, 4.69) is 27.0 Å². The number of hydrogen-bond donors (Lipinski definition) is 1. The minimum absolute atomic E-state index is 0.753. The molecule has 14 heavy (non-hydrogen) atoms. The summed E-state index contributed by atoms with van der Waals surface area (Å²) in [5, 5.41) is 8.06. The van der Waals surface area contributed by atoms with E-state index in [0.29, 0.717) is 0 Å². The van der Waals surface area contributed by atoms with Crippen molar-refractivity contribution in [2.45, 2.75) is 18.9 Å². The monoisotopic (exact) mass is 208 g/mol. The molecule has 1 aliphatic heterocycles. The Labute approximate surface area is 88.9 Å². The maximum Gasteiger partial charge on any atom is 0.0475 e. The Hall–Kier alpha value is -0.540. The van der Waals surface area contributed by atoms with Gasteiger partial charge in [-0.25, -0.2) is 0 Å². The van der Waals surface area contributed by atoms with Gasteiger partial charge in [-0.2, -0.15) is 11.3 Å². The molecule has 2 aliphatic rings. The summed E-state index contributed by atoms with van der Waals surface area (Å²) in [6, 6.07) is 2.99. The lowest BCUT2D eigenvalue weighted by Crippen LogP contribution is -2.51. The third-order valence-corrected chi connectivity index (χ3v) is 3.94. The molecule has 1 aliphatic carbocycles. The van der Waals surface area contributed by atoms with E-state index in [-0.39, 0.29) is 0 Å². The van der Waals surface area contributed by atoms with Crippen molar-refractivity contribution in [3.8, 4) is 0 Å². The van der Waals surface area contributed by atoms with E-state index in [4.69, 9.17) is 0 Å². The Morgan fingerprint density at radius 1 is 1.43 bits per heavy atom. The second kappa shape index (κ2) is 3.55. The molecule has 1 atom stereocenters. The number of nitrogens with one attached hydrogen (secondary N) is 1. The molecular weight excluding hydrogens is 192 g/mol. The zero-order valence-corrected chi connectivity index (χ0v) is 9.09. The molecule has 0 radical (unpaired) electrons. The molecule has 0 amide bonds. The van der Waals surface area contributed by atoms with E-state index in [9.17, 15) is 0 Å². The van der Waals surface area contributed by atoms with E-state index >= 15 is 0 Å². The summed E-state index contributed by atoms with van der Waals surface area (Å²) >= 11 is 1.80. The maximum atomic E-state index is 3.63. The highest BCUT2D eigenvalue weighted by atomic mass is 32.1. The molecule has 1 saturated heterocycles. The molecule has 1 N–H and O–H groups in total. The first-order valence-electron chi connectivity index (χ1n) is 5.44. The smallest absolute Gasteiger partial charge is 0.0475 e. The summed E-state index contributed by atoms with van der Waals surface area (Å²) in [4.78, 5) is 2.52. The molecule has 1 aromatic rings. The zero-order chi connectivity index (χ0) is 9.38. The van der Waals surface area contributed by atoms with Crippen LogP contribution in [-0.2, 0) is 0 Å². The first kappa shape index (κ1) is 8.74. The Bertz CT molecular complexity index is 292. The topological polar surface area (TPSA) is 15.3 Å². The summed E-state index contributed by atoms with van der Waals surface area (Å²) in [5.41, 5.74) is 1.42. The number of rotatable bonds is 2. The van der Waals surface area contributed by atoms with Crippen molar-refractivity contribution in [2.24, 2.45) is 5.92 Å². The van der Waals surface area contributed by atoms with Gasteiger partial charge < -0.3 is 10.2 Å². The van der Waals surface area contributed by atoms with Gasteiger partial charge >= 0.3 is 0 Å². The third kappa shape index (κ3) is 1.66. The van der Waals surface area contributed by atoms with Crippen LogP contribution in [0.1, 0.15) is 12.8 Å². The van der Waals surface area contributed by atoms with Crippen LogP contribution >= 0.6 is 11.3 Å². The summed E-state index contributed by atoms with van der Waals surface area (Å²) in [6.07, 6.45) is 2.88. The molecule has 3 rings (SSSR count). The van der Waals surface area contributed by atoms with Gasteiger partial charge in [0.25, 0.3) is 0 Å². The lowest BCUT2D eigenvalue weighted by molar-refractivity contribution is 0.419. The van der Waals surface area contributed by atoms with Crippen molar-refractivity contribution in [1.82, 2.24) is 5.32 Å². The van der Waals surface area contributed by atoms with Crippen molar-refractivity contribution in [3.05, 3.63) is 16.8 Å². The second-order valence-electron chi connectivity index (χ2n) is 4.33. The summed E-state index contributed by atoms with van der Waals surface area (Å²) < 4.78 is 0. The molecule has 76 valence electrons. The van der Waals surface area contributed by atoms with Gasteiger partial charge in [-0.05, 0) is 30.2 Å². The molecular formula is C11H16N2S. The number of anilines is 1. The van der Waals surface area contributed by atoms with Crippen LogP contribution in [0.25, 0.3) is 0 Å². The van der Waals surface area contributed by atoms with Crippen LogP contribution in [0.3, 0.4) is 0 Å². The largest absolute Gasteiger partial charge is 0.368 e. The highest BCUT2D eigenvalue weighted by Gasteiger charge is 2.33. The van der Waals surface area contributed by atoms with E-state index < -0.39 is 0 Å². The maximum absolute atomic E-state index is 3.63. The normalized spacial score (nSPS) is 28.0. The standard InChI is InChI=1S/C11H16N2S/c1-2-9(1)11-7-13(5-4-12-11)10-3-6-14-8-10/h3,6,8-9,11-12H,1-2,4-5,7H2. The van der Waals surface area contributed by atoms with Crippen molar-refractivity contribution >= 4 is 17.0 Å². The Kier molecular flexibility index (Phi) is 2.22. The molecule has 3 heteroatoms. The predicted molar refractivity (Wildman–Crippen MR) is 61.0 cm³/mol. The van der Waals surface area contributed by atoms with Crippen LogP contribution in [-0.4, -0.2) is 25.7 Å². The van der Waals surface area contributed by atoms with Gasteiger partial charge in [0, 0.05) is 36.7 Å². The number of hydrogen-bond acceptors (Lipinski definition) is 3. The molecule has 2 heterocycles. The molecule has 0 bridgehead atoms. The van der Waals surface area contributed by atoms with Gasteiger partial charge in [-0.15, -0.1) is 0 Å². The SMILES string of the molecule is c1cc(N2CCNC(C3CC3)C2)cs1. The van der Waals surface area contributed by atoms with Crippen LogP contribution in [0, 0.1) is 5.92 Å². The molecule has 1 unspecified atom stereocenters. The molecule has 0 aromatic carbocycles. The fraction of sp³-hybridized carbons (Fsp3) is 0.636. The third-order valence-electron chi connectivity index (χ3n) is 3.27. The first-order chi connectivity index (χ1) is 6.93. The fourth-order valence-electron chi connectivity index (χ4n) is 2.26. The lowest BCUT2D eigenvalue weighted by atomic mass is 10.1. The Morgan fingerprint density at radius 2 is 2.36 bits per heavy atom. The van der Waals surface area contributed by atoms with Gasteiger partial charge in [0.15, 0.2) is 0 Å². The average Bonchev–Trinajstić information content (AvgIpc) is 2.94. The number of thiophene rings is 1. The van der Waals surface area contributed by atoms with E-state index in [1.54, 1.807) is 11.3 Å². The van der Waals surface area contributed by atoms with E-state index in [1.165, 1.54) is 31.6 Å². The second-order valence-corrected chi connectivity index (χ2v) is 5.11. The van der Waals surface area contributed by atoms with Crippen molar-refractivity contribution < 1.29 is 0 Å². The molecule has 2 fully saturated rings. The zero-order valence-electron chi connectivity index (χ0n) is 8.28. The molecule has 1 saturated carbocycles. The van der Waals surface area contributed by atoms with Crippen molar-refractivity contribution in [1.29, 1.82) is 0 Å². The summed E-state index contributed by atoms with van der Waals surface area (Å²) in [5.74, 6) is 0.969. The first-order valence-corrected chi connectivity index (χ1v) is 6.38. The molecule has 2 nitrogen and oxygen atoms in total. The average molecular weight is 208 g/mol. The number of piperazine rings is 1. The van der Waals surface area contributed by atoms with Gasteiger partial charge in [0.2, 0.25) is 0 Å². The highest BCUT2D eigenvalue weighted by molar-refractivity contribution is 7.08. The van der Waals surface area contributed by atoms with Gasteiger partial charge in [0.05, 0.1) is 0 Å². The Balaban J connectivity index is 1.69. The quantitative estimate of drug-likeness (QED) is 0.799. The van der Waals surface area contributed by atoms with Crippen molar-refractivity contribution in [3.63, 3.8) is 0 Å². The van der Waals surface area contributed by atoms with Crippen molar-refractivity contribution in [2.75, 3.05) is 24.5 Å². The van der Waals surface area contributed by atoms with Crippen LogP contribution in [0.5, 0.6) is 0 Å². The van der Waals surface area contributed by atoms with Crippen LogP contribution < -0.4 is 10.2 Å². The van der Waals surface area contributed by atoms with Gasteiger partial charge in [-0.1, -0.05) is 0 Å². The van der Waals surface area contributed by atoms with Crippen LogP contribution in [0.2, 0.25) is 0 Å². The van der Waals surface area contributed by atoms with Gasteiger partial charge in [0.1, 0.15) is 0 Å². The fourth-order valence-corrected chi connectivity index (χ4v) is 2.93. The van der Waals surface area contributed by atoms with Crippen LogP contribution in [0.15, 0.2) is 16.8 Å². The molecule has 0 spiro atoms. The van der Waals surface area contributed by atoms with Crippen LogP contribution in [0.4, 0.5) is 5.69 Å².